The molecule has 0 aromatic carbocycles. The molecular formula is C9H14N3O3. The van der Waals surface area contributed by atoms with Gasteiger partial charge in [-0.2, -0.15) is 0 Å². The van der Waals surface area contributed by atoms with Crippen molar-refractivity contribution < 1.29 is 14.4 Å². The van der Waals surface area contributed by atoms with E-state index in [-0.39, 0.29) is 11.9 Å². The zero-order valence-corrected chi connectivity index (χ0v) is 9.06. The van der Waals surface area contributed by atoms with Gasteiger partial charge in [0.2, 0.25) is 0 Å². The molecule has 1 radical (unpaired) electrons. The highest BCUT2D eigenvalue weighted by Crippen LogP contribution is 2.16. The Labute approximate surface area is 88.5 Å². The van der Waals surface area contributed by atoms with Crippen LogP contribution in [0.3, 0.4) is 0 Å². The Hall–Kier alpha value is -1.59. The molecule has 1 fully saturated rings. The van der Waals surface area contributed by atoms with Crippen LogP contribution in [0.5, 0.6) is 0 Å². The first-order chi connectivity index (χ1) is 7.04. The van der Waals surface area contributed by atoms with E-state index >= 15 is 0 Å². The normalized spacial score (nSPS) is 22.7. The Kier molecular flexibility index (Phi) is 3.28. The number of hydrogen-bond acceptors (Lipinski definition) is 4. The van der Waals surface area contributed by atoms with Crippen LogP contribution in [0.1, 0.15) is 13.8 Å². The molecule has 1 rings (SSSR count). The lowest BCUT2D eigenvalue weighted by Gasteiger charge is -2.14. The van der Waals surface area contributed by atoms with Gasteiger partial charge in [0.1, 0.15) is 0 Å². The Morgan fingerprint density at radius 3 is 2.60 bits per heavy atom. The number of urea groups is 1. The summed E-state index contributed by atoms with van der Waals surface area (Å²) in [4.78, 5) is 30.2. The van der Waals surface area contributed by atoms with Gasteiger partial charge < -0.3 is 9.74 Å². The van der Waals surface area contributed by atoms with Gasteiger partial charge >= 0.3 is 6.03 Å². The molecule has 83 valence electrons. The molecule has 1 unspecified atom stereocenters. The van der Waals surface area contributed by atoms with Gasteiger partial charge in [0.15, 0.2) is 13.2 Å². The van der Waals surface area contributed by atoms with Crippen molar-refractivity contribution in [2.45, 2.75) is 19.9 Å². The van der Waals surface area contributed by atoms with Crippen molar-refractivity contribution in [1.29, 1.82) is 0 Å². The number of imide groups is 1. The largest absolute Gasteiger partial charge is 0.392 e. The average Bonchev–Trinajstić information content (AvgIpc) is 2.39. The molecule has 1 heterocycles. The summed E-state index contributed by atoms with van der Waals surface area (Å²) in [5.41, 5.74) is 0.418. The van der Waals surface area contributed by atoms with Crippen LogP contribution in [0.15, 0.2) is 5.16 Å². The first-order valence-electron chi connectivity index (χ1n) is 4.58. The molecule has 1 atom stereocenters. The molecule has 0 aromatic rings. The van der Waals surface area contributed by atoms with Crippen molar-refractivity contribution in [2.75, 3.05) is 13.6 Å². The number of oxime groups is 1. The molecule has 0 aromatic heterocycles. The van der Waals surface area contributed by atoms with Gasteiger partial charge in [-0.25, -0.2) is 4.79 Å². The van der Waals surface area contributed by atoms with Crippen molar-refractivity contribution in [3.8, 4) is 0 Å². The van der Waals surface area contributed by atoms with Gasteiger partial charge in [-0.1, -0.05) is 5.16 Å². The Balaban J connectivity index is 2.97. The van der Waals surface area contributed by atoms with Crippen molar-refractivity contribution in [3.05, 3.63) is 7.11 Å². The van der Waals surface area contributed by atoms with Crippen molar-refractivity contribution in [1.82, 2.24) is 9.80 Å². The average molecular weight is 212 g/mol. The lowest BCUT2D eigenvalue weighted by Crippen LogP contribution is -2.37. The molecule has 0 bridgehead atoms. The summed E-state index contributed by atoms with van der Waals surface area (Å²) in [5.74, 6) is -0.275. The molecule has 6 nitrogen and oxygen atoms in total. The zero-order chi connectivity index (χ0) is 11.6. The molecule has 1 aliphatic rings. The third-order valence-corrected chi connectivity index (χ3v) is 2.34. The minimum atomic E-state index is -0.667. The maximum Gasteiger partial charge on any atom is 0.327 e. The third-order valence-electron chi connectivity index (χ3n) is 2.34. The fraction of sp³-hybridized carbons (Fsp3) is 0.556. The number of hydrogen-bond donors (Lipinski definition) is 0. The highest BCUT2D eigenvalue weighted by atomic mass is 16.6. The summed E-state index contributed by atoms with van der Waals surface area (Å²) in [5, 5.41) is 3.57. The molecule has 3 amide bonds. The highest BCUT2D eigenvalue weighted by molar-refractivity contribution is 6.17. The van der Waals surface area contributed by atoms with Gasteiger partial charge in [0.05, 0.1) is 5.71 Å². The molecule has 0 saturated carbocycles. The van der Waals surface area contributed by atoms with Gasteiger partial charge in [-0.05, 0) is 13.8 Å². The van der Waals surface area contributed by atoms with Gasteiger partial charge in [0, 0.05) is 13.6 Å². The van der Waals surface area contributed by atoms with E-state index in [0.29, 0.717) is 12.3 Å². The summed E-state index contributed by atoms with van der Waals surface area (Å²) < 4.78 is 0. The topological polar surface area (TPSA) is 62.2 Å². The number of carbonyl (C=O) groups is 2. The maximum absolute atomic E-state index is 11.8. The molecule has 0 aliphatic carbocycles. The predicted molar refractivity (Wildman–Crippen MR) is 53.9 cm³/mol. The van der Waals surface area contributed by atoms with E-state index in [1.807, 2.05) is 0 Å². The highest BCUT2D eigenvalue weighted by Gasteiger charge is 2.43. The third kappa shape index (κ3) is 1.79. The summed E-state index contributed by atoms with van der Waals surface area (Å²) in [6, 6.07) is -0.981. The zero-order valence-electron chi connectivity index (χ0n) is 9.06. The standard InChI is InChI=1S/C9H14N3O3/c1-5-12-8(13)7(6(2)10-15-4)11(3)9(12)14/h7H,4-5H2,1-3H3/b10-6+. The molecule has 6 heteroatoms. The van der Waals surface area contributed by atoms with Crippen molar-refractivity contribution in [2.24, 2.45) is 5.16 Å². The number of rotatable bonds is 3. The second-order valence-corrected chi connectivity index (χ2v) is 3.24. The first-order valence-corrected chi connectivity index (χ1v) is 4.58. The number of amides is 3. The Bertz CT molecular complexity index is 314. The molecule has 0 spiro atoms. The molecule has 0 N–H and O–H groups in total. The number of nitrogens with zero attached hydrogens (tertiary/aromatic N) is 3. The van der Waals surface area contributed by atoms with Crippen LogP contribution in [0.4, 0.5) is 4.79 Å². The van der Waals surface area contributed by atoms with Crippen molar-refractivity contribution in [3.63, 3.8) is 0 Å². The molecule has 1 saturated heterocycles. The van der Waals surface area contributed by atoms with E-state index in [9.17, 15) is 9.59 Å². The maximum atomic E-state index is 11.8. The van der Waals surface area contributed by atoms with E-state index in [2.05, 4.69) is 17.1 Å². The Morgan fingerprint density at radius 1 is 1.60 bits per heavy atom. The minimum absolute atomic E-state index is 0.275. The molecule has 1 aliphatic heterocycles. The van der Waals surface area contributed by atoms with E-state index in [1.54, 1.807) is 20.9 Å². The second kappa shape index (κ2) is 4.29. The Morgan fingerprint density at radius 2 is 2.20 bits per heavy atom. The monoisotopic (exact) mass is 212 g/mol. The van der Waals surface area contributed by atoms with Crippen LogP contribution < -0.4 is 0 Å². The van der Waals surface area contributed by atoms with Crippen LogP contribution >= 0.6 is 0 Å². The van der Waals surface area contributed by atoms with Gasteiger partial charge in [0.25, 0.3) is 5.91 Å². The van der Waals surface area contributed by atoms with Crippen molar-refractivity contribution >= 4 is 17.6 Å². The van der Waals surface area contributed by atoms with E-state index in [0.717, 1.165) is 0 Å². The molecular weight excluding hydrogens is 198 g/mol. The molecule has 15 heavy (non-hydrogen) atoms. The minimum Gasteiger partial charge on any atom is -0.392 e. The summed E-state index contributed by atoms with van der Waals surface area (Å²) in [6.45, 7) is 3.73. The quantitative estimate of drug-likeness (QED) is 0.387. The number of carbonyl (C=O) groups excluding carboxylic acids is 2. The lowest BCUT2D eigenvalue weighted by molar-refractivity contribution is -0.126. The lowest BCUT2D eigenvalue weighted by atomic mass is 10.2. The van der Waals surface area contributed by atoms with E-state index in [1.165, 1.54) is 9.80 Å². The SMILES string of the molecule is [CH2]O/N=C(\C)C1C(=O)N(CC)C(=O)N1C. The van der Waals surface area contributed by atoms with Crippen LogP contribution in [0.25, 0.3) is 0 Å². The smallest absolute Gasteiger partial charge is 0.327 e. The van der Waals surface area contributed by atoms with Crippen LogP contribution in [-0.4, -0.2) is 47.1 Å². The summed E-state index contributed by atoms with van der Waals surface area (Å²) >= 11 is 0. The fourth-order valence-corrected chi connectivity index (χ4v) is 1.61. The van der Waals surface area contributed by atoms with E-state index < -0.39 is 6.04 Å². The summed E-state index contributed by atoms with van der Waals surface area (Å²) in [7, 11) is 4.65. The van der Waals surface area contributed by atoms with E-state index in [4.69, 9.17) is 0 Å². The van der Waals surface area contributed by atoms with Crippen LogP contribution in [-0.2, 0) is 9.63 Å². The van der Waals surface area contributed by atoms with Crippen LogP contribution in [0.2, 0.25) is 0 Å². The number of likely N-dealkylation sites (N-methyl/N-ethyl adjacent to an activating group) is 2. The van der Waals surface area contributed by atoms with Crippen LogP contribution in [0, 0.1) is 7.11 Å². The second-order valence-electron chi connectivity index (χ2n) is 3.24. The first kappa shape index (κ1) is 11.5. The summed E-state index contributed by atoms with van der Waals surface area (Å²) in [6.07, 6.45) is 0. The predicted octanol–water partition coefficient (Wildman–Crippen LogP) is 0.453. The van der Waals surface area contributed by atoms with Gasteiger partial charge in [-0.15, -0.1) is 0 Å². The van der Waals surface area contributed by atoms with Gasteiger partial charge in [-0.3, -0.25) is 9.69 Å². The fourth-order valence-electron chi connectivity index (χ4n) is 1.61.